The van der Waals surface area contributed by atoms with E-state index in [4.69, 9.17) is 9.15 Å². The van der Waals surface area contributed by atoms with Crippen LogP contribution in [0.2, 0.25) is 0 Å². The molecule has 1 aliphatic rings. The van der Waals surface area contributed by atoms with Crippen molar-refractivity contribution in [2.24, 2.45) is 0 Å². The second-order valence-corrected chi connectivity index (χ2v) is 6.73. The van der Waals surface area contributed by atoms with Crippen LogP contribution in [0, 0.1) is 6.92 Å². The molecule has 0 saturated carbocycles. The highest BCUT2D eigenvalue weighted by Gasteiger charge is 2.26. The molecule has 1 aliphatic heterocycles. The van der Waals surface area contributed by atoms with Crippen molar-refractivity contribution in [2.45, 2.75) is 13.5 Å². The Morgan fingerprint density at radius 3 is 2.50 bits per heavy atom. The quantitative estimate of drug-likeness (QED) is 0.698. The van der Waals surface area contributed by atoms with Gasteiger partial charge in [0.25, 0.3) is 5.91 Å². The first kappa shape index (κ1) is 18.0. The molecule has 0 aliphatic carbocycles. The molecule has 2 heterocycles. The molecule has 7 nitrogen and oxygen atoms in total. The van der Waals surface area contributed by atoms with Gasteiger partial charge in [-0.05, 0) is 23.8 Å². The average molecular weight is 379 g/mol. The van der Waals surface area contributed by atoms with E-state index in [1.54, 1.807) is 34.9 Å². The molecule has 4 rings (SSSR count). The fraction of sp³-hybridized carbons (Fsp3) is 0.286. The molecule has 0 bridgehead atoms. The molecule has 1 saturated heterocycles. The van der Waals surface area contributed by atoms with Crippen LogP contribution in [0.5, 0.6) is 0 Å². The Hall–Kier alpha value is -3.35. The van der Waals surface area contributed by atoms with E-state index in [0.29, 0.717) is 48.7 Å². The molecule has 0 N–H and O–H groups in total. The average Bonchev–Trinajstić information content (AvgIpc) is 3.11. The zero-order valence-corrected chi connectivity index (χ0v) is 15.6. The fourth-order valence-corrected chi connectivity index (χ4v) is 3.26. The smallest absolute Gasteiger partial charge is 0.410 e. The number of nitrogens with zero attached hydrogens (tertiary/aromatic N) is 3. The van der Waals surface area contributed by atoms with Crippen molar-refractivity contribution in [1.82, 2.24) is 14.8 Å². The van der Waals surface area contributed by atoms with Crippen molar-refractivity contribution in [1.29, 1.82) is 0 Å². The Morgan fingerprint density at radius 1 is 1.04 bits per heavy atom. The summed E-state index contributed by atoms with van der Waals surface area (Å²) in [5, 5.41) is 0. The lowest BCUT2D eigenvalue weighted by molar-refractivity contribution is 0.0544. The number of benzene rings is 2. The summed E-state index contributed by atoms with van der Waals surface area (Å²) >= 11 is 0. The van der Waals surface area contributed by atoms with Gasteiger partial charge in [0.1, 0.15) is 12.1 Å². The monoisotopic (exact) mass is 379 g/mol. The number of rotatable bonds is 3. The first-order valence-electron chi connectivity index (χ1n) is 9.22. The van der Waals surface area contributed by atoms with Gasteiger partial charge in [0.15, 0.2) is 11.5 Å². The third-order valence-corrected chi connectivity index (χ3v) is 4.77. The largest absolute Gasteiger partial charge is 0.445 e. The van der Waals surface area contributed by atoms with Crippen LogP contribution < -0.4 is 0 Å². The molecule has 0 radical (unpaired) electrons. The van der Waals surface area contributed by atoms with Crippen molar-refractivity contribution in [3.05, 3.63) is 65.5 Å². The summed E-state index contributed by atoms with van der Waals surface area (Å²) in [5.74, 6) is 0.502. The number of ether oxygens (including phenoxy) is 1. The summed E-state index contributed by atoms with van der Waals surface area (Å²) in [5.41, 5.74) is 2.86. The number of amides is 2. The molecule has 7 heteroatoms. The number of carbonyl (C=O) groups excluding carboxylic acids is 2. The molecular weight excluding hydrogens is 358 g/mol. The third kappa shape index (κ3) is 3.83. The zero-order chi connectivity index (χ0) is 19.5. The first-order valence-corrected chi connectivity index (χ1v) is 9.22. The maximum Gasteiger partial charge on any atom is 0.410 e. The second-order valence-electron chi connectivity index (χ2n) is 6.73. The van der Waals surface area contributed by atoms with E-state index >= 15 is 0 Å². The molecule has 2 aromatic carbocycles. The molecule has 0 unspecified atom stereocenters. The van der Waals surface area contributed by atoms with E-state index < -0.39 is 0 Å². The Bertz CT molecular complexity index is 991. The van der Waals surface area contributed by atoms with E-state index in [9.17, 15) is 9.59 Å². The minimum Gasteiger partial charge on any atom is -0.445 e. The number of oxazole rings is 1. The fourth-order valence-electron chi connectivity index (χ4n) is 3.26. The van der Waals surface area contributed by atoms with E-state index in [1.807, 2.05) is 30.3 Å². The normalized spacial score (nSPS) is 14.3. The highest BCUT2D eigenvalue weighted by atomic mass is 16.6. The number of hydrogen-bond donors (Lipinski definition) is 0. The Labute approximate surface area is 162 Å². The van der Waals surface area contributed by atoms with Crippen LogP contribution >= 0.6 is 0 Å². The van der Waals surface area contributed by atoms with Gasteiger partial charge in [-0.2, -0.15) is 0 Å². The van der Waals surface area contributed by atoms with E-state index in [-0.39, 0.29) is 18.6 Å². The Balaban J connectivity index is 1.32. The molecular formula is C21H21N3O4. The van der Waals surface area contributed by atoms with Crippen molar-refractivity contribution in [3.63, 3.8) is 0 Å². The Kier molecular flexibility index (Phi) is 4.97. The van der Waals surface area contributed by atoms with Crippen molar-refractivity contribution in [3.8, 4) is 0 Å². The maximum absolute atomic E-state index is 12.8. The van der Waals surface area contributed by atoms with Gasteiger partial charge in [-0.25, -0.2) is 9.78 Å². The predicted octanol–water partition coefficient (Wildman–Crippen LogP) is 3.23. The van der Waals surface area contributed by atoms with Gasteiger partial charge in [-0.1, -0.05) is 30.3 Å². The van der Waals surface area contributed by atoms with Gasteiger partial charge in [-0.3, -0.25) is 4.79 Å². The van der Waals surface area contributed by atoms with Crippen LogP contribution in [0.15, 0.2) is 52.9 Å². The standard InChI is InChI=1S/C21H21N3O4/c1-15-22-18-13-17(7-8-19(18)28-15)20(25)23-9-11-24(12-10-23)21(26)27-14-16-5-3-2-4-6-16/h2-8,13H,9-12,14H2,1H3. The summed E-state index contributed by atoms with van der Waals surface area (Å²) in [7, 11) is 0. The number of aromatic nitrogens is 1. The summed E-state index contributed by atoms with van der Waals surface area (Å²) in [6, 6.07) is 14.8. The van der Waals surface area contributed by atoms with Crippen LogP contribution in [0.3, 0.4) is 0 Å². The van der Waals surface area contributed by atoms with Crippen LogP contribution in [0.1, 0.15) is 21.8 Å². The van der Waals surface area contributed by atoms with E-state index in [2.05, 4.69) is 4.98 Å². The highest BCUT2D eigenvalue weighted by molar-refractivity contribution is 5.97. The SMILES string of the molecule is Cc1nc2cc(C(=O)N3CCN(C(=O)OCc4ccccc4)CC3)ccc2o1. The van der Waals surface area contributed by atoms with Gasteiger partial charge < -0.3 is 19.0 Å². The van der Waals surface area contributed by atoms with Gasteiger partial charge in [0, 0.05) is 38.7 Å². The second kappa shape index (κ2) is 7.72. The molecule has 28 heavy (non-hydrogen) atoms. The molecule has 1 aromatic heterocycles. The van der Waals surface area contributed by atoms with Crippen molar-refractivity contribution < 1.29 is 18.7 Å². The van der Waals surface area contributed by atoms with Gasteiger partial charge in [-0.15, -0.1) is 0 Å². The molecule has 1 fully saturated rings. The highest BCUT2D eigenvalue weighted by Crippen LogP contribution is 2.18. The number of aryl methyl sites for hydroxylation is 1. The lowest BCUT2D eigenvalue weighted by Crippen LogP contribution is -2.50. The maximum atomic E-state index is 12.8. The summed E-state index contributed by atoms with van der Waals surface area (Å²) in [6.45, 7) is 3.85. The minimum atomic E-state index is -0.351. The first-order chi connectivity index (χ1) is 13.6. The van der Waals surface area contributed by atoms with Gasteiger partial charge in [0.05, 0.1) is 0 Å². The summed E-state index contributed by atoms with van der Waals surface area (Å²) in [6.07, 6.45) is -0.351. The predicted molar refractivity (Wildman–Crippen MR) is 103 cm³/mol. The number of piperazine rings is 1. The zero-order valence-electron chi connectivity index (χ0n) is 15.6. The third-order valence-electron chi connectivity index (χ3n) is 4.77. The van der Waals surface area contributed by atoms with Crippen molar-refractivity contribution in [2.75, 3.05) is 26.2 Å². The van der Waals surface area contributed by atoms with Gasteiger partial charge in [0.2, 0.25) is 0 Å². The number of hydrogen-bond acceptors (Lipinski definition) is 5. The molecule has 2 amide bonds. The lowest BCUT2D eigenvalue weighted by atomic mass is 10.1. The topological polar surface area (TPSA) is 75.9 Å². The molecule has 0 spiro atoms. The Morgan fingerprint density at radius 2 is 1.75 bits per heavy atom. The number of fused-ring (bicyclic) bond motifs is 1. The van der Waals surface area contributed by atoms with Crippen LogP contribution in [-0.4, -0.2) is 53.0 Å². The summed E-state index contributed by atoms with van der Waals surface area (Å²) in [4.78, 5) is 32.7. The molecule has 3 aromatic rings. The van der Waals surface area contributed by atoms with Crippen molar-refractivity contribution >= 4 is 23.1 Å². The molecule has 0 atom stereocenters. The van der Waals surface area contributed by atoms with E-state index in [1.165, 1.54) is 0 Å². The molecule has 144 valence electrons. The minimum absolute atomic E-state index is 0.0696. The van der Waals surface area contributed by atoms with E-state index in [0.717, 1.165) is 5.56 Å². The van der Waals surface area contributed by atoms with Crippen LogP contribution in [0.4, 0.5) is 4.79 Å². The number of carbonyl (C=O) groups is 2. The van der Waals surface area contributed by atoms with Crippen LogP contribution in [0.25, 0.3) is 11.1 Å². The van der Waals surface area contributed by atoms with Gasteiger partial charge >= 0.3 is 6.09 Å². The lowest BCUT2D eigenvalue weighted by Gasteiger charge is -2.34. The van der Waals surface area contributed by atoms with Crippen LogP contribution in [-0.2, 0) is 11.3 Å². The summed E-state index contributed by atoms with van der Waals surface area (Å²) < 4.78 is 10.8.